The van der Waals surface area contributed by atoms with E-state index in [-0.39, 0.29) is 0 Å². The first-order chi connectivity index (χ1) is 4.61. The first kappa shape index (κ1) is 8.43. The summed E-state index contributed by atoms with van der Waals surface area (Å²) in [5, 5.41) is 0. The van der Waals surface area contributed by atoms with E-state index in [0.29, 0.717) is 4.88 Å². The Hall–Kier alpha value is 0.330. The monoisotopic (exact) mass is 284 g/mol. The van der Waals surface area contributed by atoms with Crippen molar-refractivity contribution in [3.8, 4) is 0 Å². The van der Waals surface area contributed by atoms with E-state index in [2.05, 4.69) is 38.4 Å². The van der Waals surface area contributed by atoms with E-state index in [4.69, 9.17) is 0 Å². The van der Waals surface area contributed by atoms with Gasteiger partial charge in [0.05, 0.1) is 8.66 Å². The van der Waals surface area contributed by atoms with Crippen LogP contribution in [-0.2, 0) is 0 Å². The van der Waals surface area contributed by atoms with E-state index >= 15 is 0 Å². The molecule has 0 saturated heterocycles. The standard InChI is InChI=1S/C6H3Br2FS/c1-3(9)5-2-4(7)6(8)10-5/h2H,1H2. The molecule has 0 bridgehead atoms. The zero-order valence-electron chi connectivity index (χ0n) is 4.83. The highest BCUT2D eigenvalue weighted by Crippen LogP contribution is 2.35. The quantitative estimate of drug-likeness (QED) is 0.725. The Morgan fingerprint density at radius 3 is 2.40 bits per heavy atom. The molecule has 0 nitrogen and oxygen atoms in total. The lowest BCUT2D eigenvalue weighted by Crippen LogP contribution is -1.60. The first-order valence-electron chi connectivity index (χ1n) is 2.41. The molecule has 0 aliphatic rings. The average molecular weight is 286 g/mol. The van der Waals surface area contributed by atoms with E-state index in [0.717, 1.165) is 8.26 Å². The minimum absolute atomic E-state index is 0.392. The average Bonchev–Trinajstić information content (AvgIpc) is 2.13. The second-order valence-corrected chi connectivity index (χ2v) is 4.86. The molecule has 54 valence electrons. The number of rotatable bonds is 1. The van der Waals surface area contributed by atoms with Crippen molar-refractivity contribution in [2.24, 2.45) is 0 Å². The third kappa shape index (κ3) is 1.68. The van der Waals surface area contributed by atoms with Gasteiger partial charge in [-0.25, -0.2) is 4.39 Å². The van der Waals surface area contributed by atoms with E-state index < -0.39 is 5.83 Å². The zero-order valence-corrected chi connectivity index (χ0v) is 8.82. The van der Waals surface area contributed by atoms with Gasteiger partial charge in [-0.2, -0.15) is 0 Å². The third-order valence-electron chi connectivity index (χ3n) is 0.913. The van der Waals surface area contributed by atoms with Crippen LogP contribution >= 0.6 is 43.2 Å². The molecular weight excluding hydrogens is 283 g/mol. The van der Waals surface area contributed by atoms with Crippen LogP contribution in [0.15, 0.2) is 20.9 Å². The summed E-state index contributed by atoms with van der Waals surface area (Å²) in [6.45, 7) is 3.18. The van der Waals surface area contributed by atoms with Gasteiger partial charge >= 0.3 is 0 Å². The molecule has 0 aromatic carbocycles. The van der Waals surface area contributed by atoms with Crippen molar-refractivity contribution in [2.45, 2.75) is 0 Å². The SMILES string of the molecule is C=C(F)c1cc(Br)c(Br)s1. The maximum Gasteiger partial charge on any atom is 0.133 e. The number of halogens is 3. The highest BCUT2D eigenvalue weighted by Gasteiger charge is 2.05. The van der Waals surface area contributed by atoms with Crippen LogP contribution in [0.2, 0.25) is 0 Å². The lowest BCUT2D eigenvalue weighted by molar-refractivity contribution is 0.767. The molecule has 10 heavy (non-hydrogen) atoms. The van der Waals surface area contributed by atoms with E-state index in [1.54, 1.807) is 6.07 Å². The van der Waals surface area contributed by atoms with Gasteiger partial charge in [-0.15, -0.1) is 11.3 Å². The van der Waals surface area contributed by atoms with Crippen LogP contribution in [-0.4, -0.2) is 0 Å². The fourth-order valence-electron chi connectivity index (χ4n) is 0.480. The number of hydrogen-bond acceptors (Lipinski definition) is 1. The fourth-order valence-corrected chi connectivity index (χ4v) is 2.38. The van der Waals surface area contributed by atoms with Crippen LogP contribution in [0, 0.1) is 0 Å². The number of thiophene rings is 1. The first-order valence-corrected chi connectivity index (χ1v) is 4.81. The summed E-state index contributed by atoms with van der Waals surface area (Å²) >= 11 is 7.81. The Morgan fingerprint density at radius 1 is 1.60 bits per heavy atom. The zero-order chi connectivity index (χ0) is 7.72. The second-order valence-electron chi connectivity index (χ2n) is 1.64. The van der Waals surface area contributed by atoms with Gasteiger partial charge in [-0.05, 0) is 37.9 Å². The van der Waals surface area contributed by atoms with Crippen LogP contribution < -0.4 is 0 Å². The van der Waals surface area contributed by atoms with Crippen molar-refractivity contribution in [2.75, 3.05) is 0 Å². The van der Waals surface area contributed by atoms with Crippen LogP contribution in [0.5, 0.6) is 0 Å². The minimum atomic E-state index is -0.392. The van der Waals surface area contributed by atoms with Crippen LogP contribution in [0.3, 0.4) is 0 Å². The predicted octanol–water partition coefficient (Wildman–Crippen LogP) is 4.21. The highest BCUT2D eigenvalue weighted by atomic mass is 79.9. The lowest BCUT2D eigenvalue weighted by Gasteiger charge is -1.82. The van der Waals surface area contributed by atoms with Crippen molar-refractivity contribution in [1.29, 1.82) is 0 Å². The van der Waals surface area contributed by atoms with Crippen molar-refractivity contribution in [1.82, 2.24) is 0 Å². The second kappa shape index (κ2) is 3.15. The molecule has 0 amide bonds. The van der Waals surface area contributed by atoms with Gasteiger partial charge in [0.25, 0.3) is 0 Å². The molecule has 1 heterocycles. The summed E-state index contributed by atoms with van der Waals surface area (Å²) in [4.78, 5) is 0.554. The normalized spacial score (nSPS) is 9.90. The fraction of sp³-hybridized carbons (Fsp3) is 0. The van der Waals surface area contributed by atoms with Gasteiger partial charge in [0, 0.05) is 4.47 Å². The summed E-state index contributed by atoms with van der Waals surface area (Å²) in [6.07, 6.45) is 0. The molecule has 0 aliphatic heterocycles. The predicted molar refractivity (Wildman–Crippen MR) is 49.9 cm³/mol. The molecule has 0 saturated carbocycles. The Labute approximate surface area is 79.0 Å². The molecule has 4 heteroatoms. The van der Waals surface area contributed by atoms with Gasteiger partial charge in [0.15, 0.2) is 0 Å². The summed E-state index contributed by atoms with van der Waals surface area (Å²) < 4.78 is 14.2. The summed E-state index contributed by atoms with van der Waals surface area (Å²) in [5.74, 6) is -0.392. The summed E-state index contributed by atoms with van der Waals surface area (Å²) in [5.41, 5.74) is 0. The summed E-state index contributed by atoms with van der Waals surface area (Å²) in [7, 11) is 0. The van der Waals surface area contributed by atoms with Gasteiger partial charge in [-0.3, -0.25) is 0 Å². The maximum absolute atomic E-state index is 12.4. The van der Waals surface area contributed by atoms with Crippen molar-refractivity contribution in [3.05, 3.63) is 25.8 Å². The maximum atomic E-state index is 12.4. The molecule has 0 radical (unpaired) electrons. The molecule has 0 spiro atoms. The molecule has 0 atom stereocenters. The van der Waals surface area contributed by atoms with Crippen molar-refractivity contribution < 1.29 is 4.39 Å². The van der Waals surface area contributed by atoms with Gasteiger partial charge in [0.1, 0.15) is 5.83 Å². The Kier molecular flexibility index (Phi) is 2.66. The third-order valence-corrected chi connectivity index (χ3v) is 4.20. The number of hydrogen-bond donors (Lipinski definition) is 0. The van der Waals surface area contributed by atoms with E-state index in [9.17, 15) is 4.39 Å². The molecule has 0 N–H and O–H groups in total. The van der Waals surface area contributed by atoms with Crippen LogP contribution in [0.1, 0.15) is 4.88 Å². The molecule has 1 aromatic heterocycles. The van der Waals surface area contributed by atoms with E-state index in [1.165, 1.54) is 11.3 Å². The van der Waals surface area contributed by atoms with E-state index in [1.807, 2.05) is 0 Å². The van der Waals surface area contributed by atoms with Crippen molar-refractivity contribution >= 4 is 49.0 Å². The smallest absolute Gasteiger partial charge is 0.133 e. The minimum Gasteiger partial charge on any atom is -0.206 e. The molecule has 1 rings (SSSR count). The largest absolute Gasteiger partial charge is 0.206 e. The molecule has 1 aromatic rings. The molecular formula is C6H3Br2FS. The molecule has 0 unspecified atom stereocenters. The Morgan fingerprint density at radius 2 is 2.20 bits per heavy atom. The van der Waals surface area contributed by atoms with Gasteiger partial charge in [0.2, 0.25) is 0 Å². The lowest BCUT2D eigenvalue weighted by atomic mass is 10.4. The van der Waals surface area contributed by atoms with Crippen molar-refractivity contribution in [3.63, 3.8) is 0 Å². The Balaban J connectivity index is 3.10. The highest BCUT2D eigenvalue weighted by molar-refractivity contribution is 9.13. The Bertz CT molecular complexity index is 247. The van der Waals surface area contributed by atoms with Gasteiger partial charge in [-0.1, -0.05) is 6.58 Å². The van der Waals surface area contributed by atoms with Crippen LogP contribution in [0.25, 0.3) is 5.83 Å². The molecule has 0 aliphatic carbocycles. The van der Waals surface area contributed by atoms with Crippen LogP contribution in [0.4, 0.5) is 4.39 Å². The summed E-state index contributed by atoms with van der Waals surface area (Å²) in [6, 6.07) is 1.69. The molecule has 0 fully saturated rings. The topological polar surface area (TPSA) is 0 Å². The van der Waals surface area contributed by atoms with Gasteiger partial charge < -0.3 is 0 Å².